The molecule has 1 aliphatic carbocycles. The minimum absolute atomic E-state index is 0.148. The molecular formula is C27H35NO2. The minimum atomic E-state index is -0.148. The molecule has 0 aliphatic heterocycles. The molecule has 0 atom stereocenters. The summed E-state index contributed by atoms with van der Waals surface area (Å²) < 4.78 is 5.12. The number of hydrogen-bond donors (Lipinski definition) is 1. The van der Waals surface area contributed by atoms with Gasteiger partial charge in [-0.25, -0.2) is 0 Å². The molecule has 0 radical (unpaired) electrons. The van der Waals surface area contributed by atoms with Gasteiger partial charge < -0.3 is 10.1 Å². The van der Waals surface area contributed by atoms with Crippen LogP contribution < -0.4 is 10.1 Å². The zero-order valence-corrected chi connectivity index (χ0v) is 19.2. The van der Waals surface area contributed by atoms with E-state index in [-0.39, 0.29) is 11.3 Å². The van der Waals surface area contributed by atoms with E-state index >= 15 is 0 Å². The van der Waals surface area contributed by atoms with Gasteiger partial charge >= 0.3 is 0 Å². The maximum atomic E-state index is 12.2. The van der Waals surface area contributed by atoms with Crippen LogP contribution in [0.1, 0.15) is 53.9 Å². The number of ether oxygens (including phenoxy) is 1. The highest BCUT2D eigenvalue weighted by molar-refractivity contribution is 6.00. The topological polar surface area (TPSA) is 38.3 Å². The highest BCUT2D eigenvalue weighted by atomic mass is 16.5. The summed E-state index contributed by atoms with van der Waals surface area (Å²) in [5, 5.41) is 2.86. The van der Waals surface area contributed by atoms with Gasteiger partial charge in [0.15, 0.2) is 0 Å². The summed E-state index contributed by atoms with van der Waals surface area (Å²) in [4.78, 5) is 12.2. The summed E-state index contributed by atoms with van der Waals surface area (Å²) in [6.45, 7) is 10.9. The van der Waals surface area contributed by atoms with E-state index in [4.69, 9.17) is 4.74 Å². The summed E-state index contributed by atoms with van der Waals surface area (Å²) in [6, 6.07) is 7.27. The van der Waals surface area contributed by atoms with Crippen molar-refractivity contribution in [3.63, 3.8) is 0 Å². The van der Waals surface area contributed by atoms with Crippen LogP contribution in [0.3, 0.4) is 0 Å². The number of anilines is 1. The molecule has 160 valence electrons. The third kappa shape index (κ3) is 7.22. The van der Waals surface area contributed by atoms with Gasteiger partial charge in [-0.15, -0.1) is 0 Å². The van der Waals surface area contributed by atoms with Crippen molar-refractivity contribution in [2.45, 2.75) is 53.9 Å². The van der Waals surface area contributed by atoms with Crippen molar-refractivity contribution in [2.75, 3.05) is 12.4 Å². The second kappa shape index (κ2) is 10.8. The Bertz CT molecular complexity index is 893. The number of nitrogens with one attached hydrogen (secondary N) is 1. The maximum absolute atomic E-state index is 12.2. The second-order valence-electron chi connectivity index (χ2n) is 8.64. The number of rotatable bonds is 7. The number of hydrogen-bond acceptors (Lipinski definition) is 2. The first-order valence-electron chi connectivity index (χ1n) is 10.6. The molecule has 1 N–H and O–H groups in total. The standard InChI is InChI=1S/C27H35NO2/c1-20(12-17-25-22(3)11-8-18-27(25,4)5)9-7-10-21(2)19-26(29)28-23-13-15-24(30-6)16-14-23/h7,9-10,12-17,19H,8,11,18H2,1-6H3,(H,28,29)/b10-7+,17-12?,20-9+,21-19+. The number of methoxy groups -OCH3 is 1. The lowest BCUT2D eigenvalue weighted by molar-refractivity contribution is -0.111. The van der Waals surface area contributed by atoms with Crippen LogP contribution in [0.2, 0.25) is 0 Å². The van der Waals surface area contributed by atoms with Crippen molar-refractivity contribution in [1.29, 1.82) is 0 Å². The van der Waals surface area contributed by atoms with Crippen LogP contribution in [0.4, 0.5) is 5.69 Å². The summed E-state index contributed by atoms with van der Waals surface area (Å²) in [7, 11) is 1.62. The number of amides is 1. The van der Waals surface area contributed by atoms with E-state index in [0.29, 0.717) is 0 Å². The molecular weight excluding hydrogens is 370 g/mol. The van der Waals surface area contributed by atoms with Gasteiger partial charge in [0.2, 0.25) is 5.91 Å². The highest BCUT2D eigenvalue weighted by Gasteiger charge is 2.26. The predicted octanol–water partition coefficient (Wildman–Crippen LogP) is 7.17. The molecule has 0 bridgehead atoms. The third-order valence-corrected chi connectivity index (χ3v) is 5.49. The van der Waals surface area contributed by atoms with Crippen LogP contribution in [0, 0.1) is 5.41 Å². The summed E-state index contributed by atoms with van der Waals surface area (Å²) >= 11 is 0. The van der Waals surface area contributed by atoms with Gasteiger partial charge in [-0.05, 0) is 80.9 Å². The zero-order valence-electron chi connectivity index (χ0n) is 19.2. The Labute approximate surface area is 181 Å². The number of carbonyl (C=O) groups excluding carboxylic acids is 1. The van der Waals surface area contributed by atoms with Crippen molar-refractivity contribution < 1.29 is 9.53 Å². The zero-order chi connectivity index (χ0) is 22.1. The Hall–Kier alpha value is -2.81. The molecule has 0 saturated heterocycles. The highest BCUT2D eigenvalue weighted by Crippen LogP contribution is 2.40. The number of carbonyl (C=O) groups is 1. The van der Waals surface area contributed by atoms with E-state index in [1.165, 1.54) is 36.0 Å². The van der Waals surface area contributed by atoms with Crippen LogP contribution in [-0.2, 0) is 4.79 Å². The smallest absolute Gasteiger partial charge is 0.248 e. The molecule has 0 heterocycles. The fourth-order valence-electron chi connectivity index (χ4n) is 3.74. The molecule has 30 heavy (non-hydrogen) atoms. The quantitative estimate of drug-likeness (QED) is 0.386. The van der Waals surface area contributed by atoms with Crippen LogP contribution in [-0.4, -0.2) is 13.0 Å². The molecule has 0 spiro atoms. The van der Waals surface area contributed by atoms with Crippen LogP contribution in [0.5, 0.6) is 5.75 Å². The third-order valence-electron chi connectivity index (χ3n) is 5.49. The molecule has 3 nitrogen and oxygen atoms in total. The summed E-state index contributed by atoms with van der Waals surface area (Å²) in [5.41, 5.74) is 6.05. The molecule has 0 unspecified atom stereocenters. The molecule has 0 aromatic heterocycles. The summed E-state index contributed by atoms with van der Waals surface area (Å²) in [6.07, 6.45) is 15.8. The molecule has 0 fully saturated rings. The fourth-order valence-corrected chi connectivity index (χ4v) is 3.74. The lowest BCUT2D eigenvalue weighted by Crippen LogP contribution is -2.19. The summed E-state index contributed by atoms with van der Waals surface area (Å²) in [5.74, 6) is 0.613. The molecule has 1 amide bonds. The Balaban J connectivity index is 1.95. The largest absolute Gasteiger partial charge is 0.497 e. The average molecular weight is 406 g/mol. The Morgan fingerprint density at radius 1 is 1.10 bits per heavy atom. The molecule has 0 saturated carbocycles. The van der Waals surface area contributed by atoms with Crippen LogP contribution in [0.15, 0.2) is 83.0 Å². The van der Waals surface area contributed by atoms with E-state index in [0.717, 1.165) is 17.0 Å². The average Bonchev–Trinajstić information content (AvgIpc) is 2.67. The fraction of sp³-hybridized carbons (Fsp3) is 0.370. The lowest BCUT2D eigenvalue weighted by Gasteiger charge is -2.32. The number of benzene rings is 1. The number of allylic oxidation sites excluding steroid dienone is 9. The van der Waals surface area contributed by atoms with E-state index in [1.54, 1.807) is 13.2 Å². The van der Waals surface area contributed by atoms with E-state index < -0.39 is 0 Å². The Morgan fingerprint density at radius 3 is 2.43 bits per heavy atom. The predicted molar refractivity (Wildman–Crippen MR) is 128 cm³/mol. The SMILES string of the molecule is COc1ccc(NC(=O)/C=C(C)/C=C/C=C(\C)C=CC2=C(C)CCCC2(C)C)cc1. The molecule has 1 aromatic carbocycles. The van der Waals surface area contributed by atoms with Gasteiger partial charge in [-0.1, -0.05) is 55.4 Å². The van der Waals surface area contributed by atoms with Gasteiger partial charge in [-0.3, -0.25) is 4.79 Å². The van der Waals surface area contributed by atoms with E-state index in [1.807, 2.05) is 43.3 Å². The van der Waals surface area contributed by atoms with Crippen molar-refractivity contribution in [3.05, 3.63) is 83.0 Å². The Kier molecular flexibility index (Phi) is 8.46. The van der Waals surface area contributed by atoms with Crippen molar-refractivity contribution in [2.24, 2.45) is 5.41 Å². The first-order chi connectivity index (χ1) is 14.2. The van der Waals surface area contributed by atoms with Crippen molar-refractivity contribution in [3.8, 4) is 5.75 Å². The molecule has 3 heteroatoms. The van der Waals surface area contributed by atoms with Gasteiger partial charge in [-0.2, -0.15) is 0 Å². The van der Waals surface area contributed by atoms with Gasteiger partial charge in [0.1, 0.15) is 5.75 Å². The van der Waals surface area contributed by atoms with Crippen molar-refractivity contribution in [1.82, 2.24) is 0 Å². The van der Waals surface area contributed by atoms with Gasteiger partial charge in [0.25, 0.3) is 0 Å². The van der Waals surface area contributed by atoms with E-state index in [9.17, 15) is 4.79 Å². The van der Waals surface area contributed by atoms with Crippen LogP contribution in [0.25, 0.3) is 0 Å². The first kappa shape index (κ1) is 23.5. The second-order valence-corrected chi connectivity index (χ2v) is 8.64. The molecule has 1 aliphatic rings. The van der Waals surface area contributed by atoms with Crippen LogP contribution >= 0.6 is 0 Å². The Morgan fingerprint density at radius 2 is 1.80 bits per heavy atom. The monoisotopic (exact) mass is 405 g/mol. The first-order valence-corrected chi connectivity index (χ1v) is 10.6. The van der Waals surface area contributed by atoms with Gasteiger partial charge in [0, 0.05) is 11.8 Å². The lowest BCUT2D eigenvalue weighted by atomic mass is 9.72. The van der Waals surface area contributed by atoms with Gasteiger partial charge in [0.05, 0.1) is 7.11 Å². The normalized spacial score (nSPS) is 17.7. The van der Waals surface area contributed by atoms with E-state index in [2.05, 4.69) is 51.2 Å². The molecule has 2 rings (SSSR count). The minimum Gasteiger partial charge on any atom is -0.497 e. The van der Waals surface area contributed by atoms with Crippen molar-refractivity contribution >= 4 is 11.6 Å². The molecule has 1 aromatic rings. The maximum Gasteiger partial charge on any atom is 0.248 e.